The fourth-order valence-electron chi connectivity index (χ4n) is 5.09. The first-order valence-electron chi connectivity index (χ1n) is 12.9. The van der Waals surface area contributed by atoms with Crippen molar-refractivity contribution in [3.63, 3.8) is 0 Å². The number of hydrogen-bond donors (Lipinski definition) is 10. The van der Waals surface area contributed by atoms with Gasteiger partial charge >= 0.3 is 0 Å². The SMILES string of the molecule is O=C(C[C@@H]1O[C@H](CO)[C@@H](O[C@H]2O[C@H](CO)[C@@H](O[C@H]3O[C@H](CO)[C@@H](O)[C@H](O)[C@H]3O)[C@H](O)[C@H]2O)[C@H](O)[C@H]1O)C1CC1. The molecule has 0 unspecified atom stereocenters. The highest BCUT2D eigenvalue weighted by molar-refractivity contribution is 5.83. The van der Waals surface area contributed by atoms with Crippen LogP contribution in [0.4, 0.5) is 0 Å². The first-order valence-corrected chi connectivity index (χ1v) is 12.9. The zero-order chi connectivity index (χ0) is 28.6. The van der Waals surface area contributed by atoms with Crippen molar-refractivity contribution in [1.29, 1.82) is 0 Å². The zero-order valence-electron chi connectivity index (χ0n) is 20.9. The maximum atomic E-state index is 12.2. The van der Waals surface area contributed by atoms with Gasteiger partial charge in [-0.25, -0.2) is 0 Å². The first kappa shape index (κ1) is 31.0. The van der Waals surface area contributed by atoms with E-state index < -0.39 is 112 Å². The van der Waals surface area contributed by atoms with E-state index in [0.717, 1.165) is 12.8 Å². The minimum atomic E-state index is -1.90. The van der Waals surface area contributed by atoms with E-state index in [0.29, 0.717) is 0 Å². The van der Waals surface area contributed by atoms with Gasteiger partial charge in [-0.1, -0.05) is 0 Å². The Morgan fingerprint density at radius 1 is 0.564 bits per heavy atom. The van der Waals surface area contributed by atoms with Crippen LogP contribution in [0.2, 0.25) is 0 Å². The summed E-state index contributed by atoms with van der Waals surface area (Å²) in [6.45, 7) is -2.25. The Morgan fingerprint density at radius 3 is 1.51 bits per heavy atom. The predicted octanol–water partition coefficient (Wildman–Crippen LogP) is -6.15. The van der Waals surface area contributed by atoms with E-state index in [4.69, 9.17) is 23.7 Å². The molecule has 4 fully saturated rings. The van der Waals surface area contributed by atoms with Gasteiger partial charge in [0.15, 0.2) is 12.6 Å². The van der Waals surface area contributed by atoms with Crippen LogP contribution in [0.1, 0.15) is 19.3 Å². The third-order valence-electron chi connectivity index (χ3n) is 7.65. The van der Waals surface area contributed by atoms with Crippen molar-refractivity contribution in [1.82, 2.24) is 0 Å². The highest BCUT2D eigenvalue weighted by Crippen LogP contribution is 2.35. The maximum Gasteiger partial charge on any atom is 0.187 e. The molecular formula is C23H38O16. The van der Waals surface area contributed by atoms with E-state index in [1.54, 1.807) is 0 Å². The molecule has 0 aromatic heterocycles. The quantitative estimate of drug-likeness (QED) is 0.117. The minimum absolute atomic E-state index is 0.111. The van der Waals surface area contributed by atoms with Crippen molar-refractivity contribution in [2.75, 3.05) is 19.8 Å². The molecule has 10 N–H and O–H groups in total. The summed E-state index contributed by atoms with van der Waals surface area (Å²) in [7, 11) is 0. The molecule has 3 saturated heterocycles. The number of ketones is 1. The van der Waals surface area contributed by atoms with Gasteiger partial charge in [0, 0.05) is 12.3 Å². The van der Waals surface area contributed by atoms with Crippen LogP contribution in [0.3, 0.4) is 0 Å². The molecule has 39 heavy (non-hydrogen) atoms. The lowest BCUT2D eigenvalue weighted by molar-refractivity contribution is -0.372. The lowest BCUT2D eigenvalue weighted by Crippen LogP contribution is -2.66. The zero-order valence-corrected chi connectivity index (χ0v) is 20.9. The Kier molecular flexibility index (Phi) is 10.3. The van der Waals surface area contributed by atoms with Crippen LogP contribution in [0.5, 0.6) is 0 Å². The molecule has 3 heterocycles. The number of carbonyl (C=O) groups excluding carboxylic acids is 1. The number of aliphatic hydroxyl groups excluding tert-OH is 10. The summed E-state index contributed by atoms with van der Waals surface area (Å²) in [5.41, 5.74) is 0. The molecule has 0 amide bonds. The van der Waals surface area contributed by atoms with Crippen LogP contribution < -0.4 is 0 Å². The topological polar surface area (TPSA) is 266 Å². The normalized spacial score (nSPS) is 49.1. The molecule has 4 aliphatic rings. The van der Waals surface area contributed by atoms with E-state index >= 15 is 0 Å². The fraction of sp³-hybridized carbons (Fsp3) is 0.957. The Hall–Kier alpha value is -0.930. The molecule has 3 aliphatic heterocycles. The number of aliphatic hydroxyl groups is 10. The summed E-state index contributed by atoms with van der Waals surface area (Å²) in [6.07, 6.45) is -22.6. The van der Waals surface area contributed by atoms with Crippen molar-refractivity contribution in [2.24, 2.45) is 5.92 Å². The van der Waals surface area contributed by atoms with E-state index in [-0.39, 0.29) is 18.1 Å². The van der Waals surface area contributed by atoms with Gasteiger partial charge in [-0.15, -0.1) is 0 Å². The van der Waals surface area contributed by atoms with Gasteiger partial charge in [0.1, 0.15) is 79.0 Å². The molecule has 1 aliphatic carbocycles. The standard InChI is InChI=1S/C23H38O16/c24-4-10-14(29)15(30)18(33)22(36-10)39-21-12(6-26)37-23(19(34)17(21)32)38-20-11(5-25)35-9(13(28)16(20)31)3-8(27)7-1-2-7/h7,9-26,28-34H,1-6H2/t9-,10+,11+,12+,13-,14+,15-,16+,17+,18+,19+,20+,21+,22+,23+/m0/s1. The van der Waals surface area contributed by atoms with Gasteiger partial charge in [-0.05, 0) is 12.8 Å². The number of rotatable bonds is 10. The summed E-state index contributed by atoms with van der Waals surface area (Å²) in [6, 6.07) is 0. The van der Waals surface area contributed by atoms with Gasteiger partial charge in [-0.3, -0.25) is 4.79 Å². The van der Waals surface area contributed by atoms with Crippen molar-refractivity contribution < 1.29 is 79.5 Å². The second-order valence-corrected chi connectivity index (χ2v) is 10.4. The first-order chi connectivity index (χ1) is 18.5. The highest BCUT2D eigenvalue weighted by atomic mass is 16.7. The van der Waals surface area contributed by atoms with Crippen LogP contribution in [0.25, 0.3) is 0 Å². The number of ether oxygens (including phenoxy) is 5. The third-order valence-corrected chi connectivity index (χ3v) is 7.65. The third kappa shape index (κ3) is 6.45. The maximum absolute atomic E-state index is 12.2. The van der Waals surface area contributed by atoms with Crippen LogP contribution >= 0.6 is 0 Å². The lowest BCUT2D eigenvalue weighted by atomic mass is 9.91. The molecule has 0 aromatic carbocycles. The largest absolute Gasteiger partial charge is 0.394 e. The Labute approximate surface area is 222 Å². The number of carbonyl (C=O) groups is 1. The second kappa shape index (κ2) is 12.9. The molecule has 15 atom stereocenters. The van der Waals surface area contributed by atoms with E-state index in [1.165, 1.54) is 0 Å². The molecule has 0 radical (unpaired) electrons. The van der Waals surface area contributed by atoms with Crippen LogP contribution in [-0.2, 0) is 28.5 Å². The number of hydrogen-bond acceptors (Lipinski definition) is 16. The van der Waals surface area contributed by atoms with Gasteiger partial charge in [0.25, 0.3) is 0 Å². The molecular weight excluding hydrogens is 532 g/mol. The van der Waals surface area contributed by atoms with Crippen LogP contribution in [-0.4, -0.2) is 169 Å². The monoisotopic (exact) mass is 570 g/mol. The van der Waals surface area contributed by atoms with E-state index in [1.807, 2.05) is 0 Å². The molecule has 0 spiro atoms. The summed E-state index contributed by atoms with van der Waals surface area (Å²) >= 11 is 0. The van der Waals surface area contributed by atoms with E-state index in [2.05, 4.69) is 0 Å². The van der Waals surface area contributed by atoms with Gasteiger partial charge < -0.3 is 74.7 Å². The highest BCUT2D eigenvalue weighted by Gasteiger charge is 2.53. The van der Waals surface area contributed by atoms with Gasteiger partial charge in [0.2, 0.25) is 0 Å². The number of Topliss-reactive ketones (excluding diaryl/α,β-unsaturated/α-hetero) is 1. The molecule has 16 heteroatoms. The van der Waals surface area contributed by atoms with E-state index in [9.17, 15) is 55.9 Å². The average Bonchev–Trinajstić information content (AvgIpc) is 3.78. The van der Waals surface area contributed by atoms with Crippen molar-refractivity contribution >= 4 is 5.78 Å². The molecule has 0 aromatic rings. The average molecular weight is 571 g/mol. The Balaban J connectivity index is 1.42. The molecule has 16 nitrogen and oxygen atoms in total. The second-order valence-electron chi connectivity index (χ2n) is 10.4. The molecule has 1 saturated carbocycles. The lowest BCUT2D eigenvalue weighted by Gasteiger charge is -2.48. The molecule has 226 valence electrons. The van der Waals surface area contributed by atoms with Gasteiger partial charge in [0.05, 0.1) is 25.9 Å². The smallest absolute Gasteiger partial charge is 0.187 e. The minimum Gasteiger partial charge on any atom is -0.394 e. The van der Waals surface area contributed by atoms with Crippen molar-refractivity contribution in [2.45, 2.75) is 111 Å². The molecule has 0 bridgehead atoms. The summed E-state index contributed by atoms with van der Waals surface area (Å²) in [4.78, 5) is 12.2. The summed E-state index contributed by atoms with van der Waals surface area (Å²) < 4.78 is 27.5. The Bertz CT molecular complexity index is 807. The fourth-order valence-corrected chi connectivity index (χ4v) is 5.09. The summed E-state index contributed by atoms with van der Waals surface area (Å²) in [5, 5.41) is 102. The predicted molar refractivity (Wildman–Crippen MR) is 121 cm³/mol. The van der Waals surface area contributed by atoms with Crippen LogP contribution in [0.15, 0.2) is 0 Å². The van der Waals surface area contributed by atoms with Crippen LogP contribution in [0, 0.1) is 5.92 Å². The Morgan fingerprint density at radius 2 is 1.00 bits per heavy atom. The van der Waals surface area contributed by atoms with Gasteiger partial charge in [-0.2, -0.15) is 0 Å². The van der Waals surface area contributed by atoms with Crippen molar-refractivity contribution in [3.8, 4) is 0 Å². The molecule has 4 rings (SSSR count). The summed E-state index contributed by atoms with van der Waals surface area (Å²) in [5.74, 6) is -0.243. The van der Waals surface area contributed by atoms with Crippen molar-refractivity contribution in [3.05, 3.63) is 0 Å².